The van der Waals surface area contributed by atoms with Crippen LogP contribution in [0.2, 0.25) is 0 Å². The van der Waals surface area contributed by atoms with Crippen molar-refractivity contribution in [2.45, 2.75) is 26.4 Å². The molecule has 0 radical (unpaired) electrons. The van der Waals surface area contributed by atoms with E-state index in [1.54, 1.807) is 0 Å². The van der Waals surface area contributed by atoms with Gasteiger partial charge in [-0.3, -0.25) is 4.79 Å². The lowest BCUT2D eigenvalue weighted by Gasteiger charge is -2.18. The van der Waals surface area contributed by atoms with Gasteiger partial charge in [0.25, 0.3) is 0 Å². The van der Waals surface area contributed by atoms with E-state index in [4.69, 9.17) is 4.74 Å². The van der Waals surface area contributed by atoms with E-state index in [0.717, 1.165) is 37.5 Å². The zero-order valence-electron chi connectivity index (χ0n) is 12.8. The number of likely N-dealkylation sites (tertiary alicyclic amines) is 1. The first-order valence-corrected chi connectivity index (χ1v) is 7.86. The topological polar surface area (TPSA) is 41.6 Å². The van der Waals surface area contributed by atoms with Crippen molar-refractivity contribution < 1.29 is 9.53 Å². The van der Waals surface area contributed by atoms with Crippen LogP contribution in [0.1, 0.15) is 19.4 Å². The van der Waals surface area contributed by atoms with Crippen LogP contribution >= 0.6 is 0 Å². The average molecular weight is 288 g/mol. The molecule has 1 aromatic rings. The second-order valence-electron chi connectivity index (χ2n) is 6.47. The fourth-order valence-corrected chi connectivity index (χ4v) is 3.35. The summed E-state index contributed by atoms with van der Waals surface area (Å²) in [5.41, 5.74) is 1.04. The quantitative estimate of drug-likeness (QED) is 0.917. The van der Waals surface area contributed by atoms with Crippen molar-refractivity contribution in [2.24, 2.45) is 11.8 Å². The maximum absolute atomic E-state index is 12.4. The van der Waals surface area contributed by atoms with Crippen molar-refractivity contribution in [1.29, 1.82) is 0 Å². The Morgan fingerprint density at radius 3 is 2.71 bits per heavy atom. The molecule has 2 fully saturated rings. The molecule has 21 heavy (non-hydrogen) atoms. The fourth-order valence-electron chi connectivity index (χ4n) is 3.35. The van der Waals surface area contributed by atoms with Gasteiger partial charge in [-0.25, -0.2) is 0 Å². The smallest absolute Gasteiger partial charge is 0.227 e. The molecule has 2 saturated heterocycles. The number of ether oxygens (including phenoxy) is 1. The van der Waals surface area contributed by atoms with Gasteiger partial charge in [-0.2, -0.15) is 0 Å². The van der Waals surface area contributed by atoms with Gasteiger partial charge in [-0.15, -0.1) is 0 Å². The molecule has 1 N–H and O–H groups in total. The summed E-state index contributed by atoms with van der Waals surface area (Å²) in [5.74, 6) is 2.40. The molecule has 114 valence electrons. The summed E-state index contributed by atoms with van der Waals surface area (Å²) in [5, 5.41) is 3.40. The molecule has 2 heterocycles. The van der Waals surface area contributed by atoms with Crippen molar-refractivity contribution in [1.82, 2.24) is 10.2 Å². The minimum Gasteiger partial charge on any atom is -0.491 e. The van der Waals surface area contributed by atoms with Crippen LogP contribution in [0, 0.1) is 11.8 Å². The molecule has 0 spiro atoms. The van der Waals surface area contributed by atoms with Crippen LogP contribution in [0.15, 0.2) is 24.3 Å². The number of benzene rings is 1. The Labute approximate surface area is 126 Å². The number of nitrogens with one attached hydrogen (secondary N) is 1. The molecule has 2 aliphatic rings. The Morgan fingerprint density at radius 1 is 1.33 bits per heavy atom. The van der Waals surface area contributed by atoms with Gasteiger partial charge in [0, 0.05) is 26.2 Å². The van der Waals surface area contributed by atoms with E-state index in [1.165, 1.54) is 0 Å². The van der Waals surface area contributed by atoms with E-state index in [-0.39, 0.29) is 12.0 Å². The van der Waals surface area contributed by atoms with E-state index in [0.29, 0.717) is 18.3 Å². The highest BCUT2D eigenvalue weighted by atomic mass is 16.5. The predicted molar refractivity (Wildman–Crippen MR) is 82.3 cm³/mol. The summed E-state index contributed by atoms with van der Waals surface area (Å²) < 4.78 is 5.69. The van der Waals surface area contributed by atoms with Crippen LogP contribution < -0.4 is 10.1 Å². The van der Waals surface area contributed by atoms with Crippen molar-refractivity contribution in [3.05, 3.63) is 29.8 Å². The lowest BCUT2D eigenvalue weighted by atomic mass is 10.0. The molecule has 1 aromatic carbocycles. The Morgan fingerprint density at radius 2 is 2.05 bits per heavy atom. The molecule has 4 heteroatoms. The standard InChI is InChI=1S/C17H24N2O2/c1-12(2)21-16-5-3-4-13(6-16)7-17(20)19-10-14-8-18-9-15(14)11-19/h3-6,12,14-15,18H,7-11H2,1-2H3/t14-,15+. The number of rotatable bonds is 4. The maximum atomic E-state index is 12.4. The molecule has 0 aromatic heterocycles. The largest absolute Gasteiger partial charge is 0.491 e. The lowest BCUT2D eigenvalue weighted by molar-refractivity contribution is -0.129. The van der Waals surface area contributed by atoms with E-state index >= 15 is 0 Å². The van der Waals surface area contributed by atoms with Crippen LogP contribution in [-0.4, -0.2) is 43.1 Å². The molecular weight excluding hydrogens is 264 g/mol. The molecule has 0 aliphatic carbocycles. The molecule has 2 aliphatic heterocycles. The highest BCUT2D eigenvalue weighted by molar-refractivity contribution is 5.79. The number of hydrogen-bond acceptors (Lipinski definition) is 3. The highest BCUT2D eigenvalue weighted by Crippen LogP contribution is 2.27. The Bertz CT molecular complexity index is 503. The Kier molecular flexibility index (Phi) is 4.15. The summed E-state index contributed by atoms with van der Waals surface area (Å²) in [6, 6.07) is 7.89. The molecule has 3 rings (SSSR count). The second kappa shape index (κ2) is 6.06. The van der Waals surface area contributed by atoms with E-state index < -0.39 is 0 Å². The molecule has 0 bridgehead atoms. The molecule has 2 atom stereocenters. The van der Waals surface area contributed by atoms with Gasteiger partial charge < -0.3 is 15.0 Å². The molecule has 1 amide bonds. The van der Waals surface area contributed by atoms with Crippen molar-refractivity contribution in [3.63, 3.8) is 0 Å². The zero-order valence-corrected chi connectivity index (χ0v) is 12.8. The molecular formula is C17H24N2O2. The van der Waals surface area contributed by atoms with Crippen LogP contribution in [0.4, 0.5) is 0 Å². The Hall–Kier alpha value is -1.55. The van der Waals surface area contributed by atoms with Gasteiger partial charge in [-0.05, 0) is 43.4 Å². The number of nitrogens with zero attached hydrogens (tertiary/aromatic N) is 1. The summed E-state index contributed by atoms with van der Waals surface area (Å²) in [4.78, 5) is 14.5. The highest BCUT2D eigenvalue weighted by Gasteiger charge is 2.37. The number of carbonyl (C=O) groups excluding carboxylic acids is 1. The summed E-state index contributed by atoms with van der Waals surface area (Å²) in [7, 11) is 0. The monoisotopic (exact) mass is 288 g/mol. The van der Waals surface area contributed by atoms with Gasteiger partial charge in [0.05, 0.1) is 12.5 Å². The van der Waals surface area contributed by atoms with Crippen molar-refractivity contribution in [3.8, 4) is 5.75 Å². The Balaban J connectivity index is 1.60. The van der Waals surface area contributed by atoms with Crippen LogP contribution in [0.3, 0.4) is 0 Å². The van der Waals surface area contributed by atoms with Crippen LogP contribution in [0.25, 0.3) is 0 Å². The second-order valence-corrected chi connectivity index (χ2v) is 6.47. The van der Waals surface area contributed by atoms with Crippen molar-refractivity contribution in [2.75, 3.05) is 26.2 Å². The van der Waals surface area contributed by atoms with Gasteiger partial charge in [0.2, 0.25) is 5.91 Å². The summed E-state index contributed by atoms with van der Waals surface area (Å²) >= 11 is 0. The van der Waals surface area contributed by atoms with Crippen LogP contribution in [-0.2, 0) is 11.2 Å². The van der Waals surface area contributed by atoms with Gasteiger partial charge in [0.1, 0.15) is 5.75 Å². The van der Waals surface area contributed by atoms with E-state index in [2.05, 4.69) is 5.32 Å². The third kappa shape index (κ3) is 3.38. The molecule has 0 unspecified atom stereocenters. The predicted octanol–water partition coefficient (Wildman–Crippen LogP) is 1.69. The number of amides is 1. The first-order chi connectivity index (χ1) is 10.1. The minimum atomic E-state index is 0.154. The third-order valence-corrected chi connectivity index (χ3v) is 4.37. The molecule has 4 nitrogen and oxygen atoms in total. The normalized spacial score (nSPS) is 24.4. The first-order valence-electron chi connectivity index (χ1n) is 7.86. The first kappa shape index (κ1) is 14.4. The fraction of sp³-hybridized carbons (Fsp3) is 0.588. The maximum Gasteiger partial charge on any atom is 0.227 e. The average Bonchev–Trinajstić information content (AvgIpc) is 2.98. The zero-order chi connectivity index (χ0) is 14.8. The van der Waals surface area contributed by atoms with Gasteiger partial charge in [-0.1, -0.05) is 12.1 Å². The summed E-state index contributed by atoms with van der Waals surface area (Å²) in [6.45, 7) is 7.97. The number of fused-ring (bicyclic) bond motifs is 1. The number of carbonyl (C=O) groups is 1. The van der Waals surface area contributed by atoms with Gasteiger partial charge in [0.15, 0.2) is 0 Å². The minimum absolute atomic E-state index is 0.154. The van der Waals surface area contributed by atoms with Crippen molar-refractivity contribution >= 4 is 5.91 Å². The number of hydrogen-bond donors (Lipinski definition) is 1. The van der Waals surface area contributed by atoms with Crippen LogP contribution in [0.5, 0.6) is 5.75 Å². The SMILES string of the molecule is CC(C)Oc1cccc(CC(=O)N2C[C@H]3CNC[C@H]3C2)c1. The lowest BCUT2D eigenvalue weighted by Crippen LogP contribution is -2.32. The third-order valence-electron chi connectivity index (χ3n) is 4.37. The molecule has 0 saturated carbocycles. The van der Waals surface area contributed by atoms with E-state index in [9.17, 15) is 4.79 Å². The van der Waals surface area contributed by atoms with E-state index in [1.807, 2.05) is 43.0 Å². The van der Waals surface area contributed by atoms with Gasteiger partial charge >= 0.3 is 0 Å². The summed E-state index contributed by atoms with van der Waals surface area (Å²) in [6.07, 6.45) is 0.628.